The van der Waals surface area contributed by atoms with Crippen molar-refractivity contribution in [2.75, 3.05) is 19.5 Å². The van der Waals surface area contributed by atoms with Gasteiger partial charge in [0.15, 0.2) is 11.5 Å². The molecule has 4 aromatic rings. The Kier molecular flexibility index (Phi) is 5.18. The minimum atomic E-state index is -0.165. The summed E-state index contributed by atoms with van der Waals surface area (Å²) in [6.45, 7) is 1.84. The molecule has 0 fully saturated rings. The van der Waals surface area contributed by atoms with E-state index in [1.807, 2.05) is 67.6 Å². The van der Waals surface area contributed by atoms with Gasteiger partial charge in [-0.25, -0.2) is 4.98 Å². The molecule has 4 rings (SSSR count). The number of aryl methyl sites for hydroxylation is 1. The van der Waals surface area contributed by atoms with Gasteiger partial charge in [0.1, 0.15) is 9.88 Å². The quantitative estimate of drug-likeness (QED) is 0.474. The van der Waals surface area contributed by atoms with Gasteiger partial charge in [-0.15, -0.1) is 11.3 Å². The van der Waals surface area contributed by atoms with Crippen LogP contribution >= 0.6 is 11.3 Å². The molecule has 0 aliphatic carbocycles. The number of nitrogens with one attached hydrogen (secondary N) is 1. The zero-order valence-corrected chi connectivity index (χ0v) is 17.2. The zero-order chi connectivity index (χ0) is 20.4. The molecule has 0 aliphatic heterocycles. The number of aromatic nitrogens is 1. The van der Waals surface area contributed by atoms with Crippen LogP contribution in [0.15, 0.2) is 60.7 Å². The van der Waals surface area contributed by atoms with Gasteiger partial charge in [-0.3, -0.25) is 4.79 Å². The van der Waals surface area contributed by atoms with E-state index in [1.54, 1.807) is 14.2 Å². The van der Waals surface area contributed by atoms with Crippen molar-refractivity contribution in [2.24, 2.45) is 0 Å². The van der Waals surface area contributed by atoms with E-state index in [0.717, 1.165) is 27.0 Å². The van der Waals surface area contributed by atoms with Crippen LogP contribution in [0.3, 0.4) is 0 Å². The Bertz CT molecular complexity index is 1200. The Balaban J connectivity index is 1.60. The Hall–Kier alpha value is -3.38. The van der Waals surface area contributed by atoms with Crippen molar-refractivity contribution in [3.63, 3.8) is 0 Å². The highest BCUT2D eigenvalue weighted by Gasteiger charge is 2.17. The summed E-state index contributed by atoms with van der Waals surface area (Å²) in [6, 6.07) is 19.5. The molecule has 1 N–H and O–H groups in total. The molecule has 1 heterocycles. The molecule has 0 bridgehead atoms. The van der Waals surface area contributed by atoms with Crippen molar-refractivity contribution >= 4 is 33.7 Å². The summed E-state index contributed by atoms with van der Waals surface area (Å²) in [5.41, 5.74) is 2.33. The van der Waals surface area contributed by atoms with Crippen molar-refractivity contribution < 1.29 is 14.3 Å². The highest BCUT2D eigenvalue weighted by Crippen LogP contribution is 2.35. The van der Waals surface area contributed by atoms with Crippen LogP contribution < -0.4 is 14.8 Å². The number of hydrogen-bond acceptors (Lipinski definition) is 5. The monoisotopic (exact) mass is 404 g/mol. The van der Waals surface area contributed by atoms with Gasteiger partial charge < -0.3 is 14.8 Å². The normalized spacial score (nSPS) is 10.7. The number of methoxy groups -OCH3 is 2. The summed E-state index contributed by atoms with van der Waals surface area (Å²) >= 11 is 1.36. The van der Waals surface area contributed by atoms with E-state index in [0.29, 0.717) is 22.1 Å². The van der Waals surface area contributed by atoms with Gasteiger partial charge in [-0.1, -0.05) is 30.3 Å². The predicted molar refractivity (Wildman–Crippen MR) is 117 cm³/mol. The fourth-order valence-corrected chi connectivity index (χ4v) is 4.11. The van der Waals surface area contributed by atoms with Crippen LogP contribution in [0.1, 0.15) is 15.4 Å². The molecule has 1 aromatic heterocycles. The topological polar surface area (TPSA) is 60.5 Å². The van der Waals surface area contributed by atoms with Gasteiger partial charge in [0.2, 0.25) is 0 Å². The molecule has 6 heteroatoms. The SMILES string of the molecule is COc1ccc(-c2nc(C)c(C(=O)Nc3ccc4ccccc4c3)s2)cc1OC. The molecule has 0 spiro atoms. The zero-order valence-electron chi connectivity index (χ0n) is 16.4. The summed E-state index contributed by atoms with van der Waals surface area (Å²) in [5.74, 6) is 1.11. The van der Waals surface area contributed by atoms with Crippen LogP contribution in [0, 0.1) is 6.92 Å². The average Bonchev–Trinajstić information content (AvgIpc) is 3.15. The maximum Gasteiger partial charge on any atom is 0.267 e. The number of benzene rings is 3. The molecule has 3 aromatic carbocycles. The van der Waals surface area contributed by atoms with E-state index in [4.69, 9.17) is 9.47 Å². The number of nitrogens with zero attached hydrogens (tertiary/aromatic N) is 1. The number of rotatable bonds is 5. The van der Waals surface area contributed by atoms with Crippen molar-refractivity contribution in [2.45, 2.75) is 6.92 Å². The molecule has 0 saturated heterocycles. The summed E-state index contributed by atoms with van der Waals surface area (Å²) in [6.07, 6.45) is 0. The lowest BCUT2D eigenvalue weighted by Gasteiger charge is -2.08. The third kappa shape index (κ3) is 3.79. The average molecular weight is 404 g/mol. The number of thiazole rings is 1. The second-order valence-electron chi connectivity index (χ2n) is 6.52. The first-order chi connectivity index (χ1) is 14.1. The highest BCUT2D eigenvalue weighted by atomic mass is 32.1. The highest BCUT2D eigenvalue weighted by molar-refractivity contribution is 7.17. The van der Waals surface area contributed by atoms with E-state index in [9.17, 15) is 4.79 Å². The Morgan fingerprint density at radius 2 is 1.69 bits per heavy atom. The van der Waals surface area contributed by atoms with Crippen LogP contribution in [-0.2, 0) is 0 Å². The predicted octanol–water partition coefficient (Wildman–Crippen LogP) is 5.54. The summed E-state index contributed by atoms with van der Waals surface area (Å²) < 4.78 is 10.7. The third-order valence-electron chi connectivity index (χ3n) is 4.64. The number of carbonyl (C=O) groups excluding carboxylic acids is 1. The maximum absolute atomic E-state index is 12.9. The Morgan fingerprint density at radius 1 is 0.931 bits per heavy atom. The second-order valence-corrected chi connectivity index (χ2v) is 7.52. The lowest BCUT2D eigenvalue weighted by Crippen LogP contribution is -2.11. The van der Waals surface area contributed by atoms with Gasteiger partial charge in [-0.2, -0.15) is 0 Å². The standard InChI is InChI=1S/C23H20N2O3S/c1-14-21(22(26)25-18-10-8-15-6-4-5-7-16(15)12-18)29-23(24-14)17-9-11-19(27-2)20(13-17)28-3/h4-13H,1-3H3,(H,25,26). The third-order valence-corrected chi connectivity index (χ3v) is 5.85. The summed E-state index contributed by atoms with van der Waals surface area (Å²) in [5, 5.41) is 5.96. The van der Waals surface area contributed by atoms with Gasteiger partial charge in [0.05, 0.1) is 19.9 Å². The number of amides is 1. The number of fused-ring (bicyclic) bond motifs is 1. The second kappa shape index (κ2) is 7.93. The molecule has 0 aliphatic rings. The fourth-order valence-electron chi connectivity index (χ4n) is 3.15. The Labute approximate surface area is 172 Å². The summed E-state index contributed by atoms with van der Waals surface area (Å²) in [4.78, 5) is 18.0. The molecular formula is C23H20N2O3S. The van der Waals surface area contributed by atoms with E-state index in [2.05, 4.69) is 10.3 Å². The molecule has 0 saturated carbocycles. The molecule has 0 radical (unpaired) electrons. The first-order valence-corrected chi connectivity index (χ1v) is 9.90. The van der Waals surface area contributed by atoms with Crippen molar-refractivity contribution in [3.8, 4) is 22.1 Å². The van der Waals surface area contributed by atoms with Gasteiger partial charge in [0.25, 0.3) is 5.91 Å². The van der Waals surface area contributed by atoms with E-state index in [-0.39, 0.29) is 5.91 Å². The maximum atomic E-state index is 12.9. The minimum absolute atomic E-state index is 0.165. The number of hydrogen-bond donors (Lipinski definition) is 1. The van der Waals surface area contributed by atoms with Crippen LogP contribution in [0.5, 0.6) is 11.5 Å². The molecule has 29 heavy (non-hydrogen) atoms. The van der Waals surface area contributed by atoms with Crippen molar-refractivity contribution in [3.05, 3.63) is 71.2 Å². The number of ether oxygens (including phenoxy) is 2. The minimum Gasteiger partial charge on any atom is -0.493 e. The molecule has 146 valence electrons. The largest absolute Gasteiger partial charge is 0.493 e. The molecular weight excluding hydrogens is 384 g/mol. The van der Waals surface area contributed by atoms with Gasteiger partial charge in [0, 0.05) is 11.3 Å². The van der Waals surface area contributed by atoms with E-state index < -0.39 is 0 Å². The first-order valence-electron chi connectivity index (χ1n) is 9.09. The molecule has 5 nitrogen and oxygen atoms in total. The molecule has 0 unspecified atom stereocenters. The van der Waals surface area contributed by atoms with Crippen LogP contribution in [0.2, 0.25) is 0 Å². The van der Waals surface area contributed by atoms with Crippen molar-refractivity contribution in [1.82, 2.24) is 4.98 Å². The smallest absolute Gasteiger partial charge is 0.267 e. The lowest BCUT2D eigenvalue weighted by molar-refractivity contribution is 0.103. The van der Waals surface area contributed by atoms with Crippen LogP contribution in [-0.4, -0.2) is 25.1 Å². The number of anilines is 1. The first kappa shape index (κ1) is 19.0. The van der Waals surface area contributed by atoms with Crippen molar-refractivity contribution in [1.29, 1.82) is 0 Å². The van der Waals surface area contributed by atoms with Crippen LogP contribution in [0.4, 0.5) is 5.69 Å². The Morgan fingerprint density at radius 3 is 2.45 bits per heavy atom. The van der Waals surface area contributed by atoms with Gasteiger partial charge in [-0.05, 0) is 48.0 Å². The van der Waals surface area contributed by atoms with Gasteiger partial charge >= 0.3 is 0 Å². The lowest BCUT2D eigenvalue weighted by atomic mass is 10.1. The molecule has 0 atom stereocenters. The van der Waals surface area contributed by atoms with E-state index >= 15 is 0 Å². The molecule has 1 amide bonds. The fraction of sp³-hybridized carbons (Fsp3) is 0.130. The summed E-state index contributed by atoms with van der Waals surface area (Å²) in [7, 11) is 3.19. The van der Waals surface area contributed by atoms with Crippen LogP contribution in [0.25, 0.3) is 21.3 Å². The van der Waals surface area contributed by atoms with E-state index in [1.165, 1.54) is 11.3 Å². The number of carbonyl (C=O) groups is 1.